The molecule has 0 unspecified atom stereocenters. The van der Waals surface area contributed by atoms with Crippen molar-refractivity contribution in [3.63, 3.8) is 0 Å². The molecule has 0 bridgehead atoms. The molecule has 35 heavy (non-hydrogen) atoms. The van der Waals surface area contributed by atoms with E-state index >= 15 is 0 Å². The number of allylic oxidation sites excluding steroid dienone is 1. The van der Waals surface area contributed by atoms with Gasteiger partial charge in [0.1, 0.15) is 16.3 Å². The van der Waals surface area contributed by atoms with Crippen molar-refractivity contribution in [1.82, 2.24) is 15.0 Å². The maximum Gasteiger partial charge on any atom is 0.425 e. The Morgan fingerprint density at radius 1 is 1.06 bits per heavy atom. The number of aryl methyl sites for hydroxylation is 1. The summed E-state index contributed by atoms with van der Waals surface area (Å²) in [7, 11) is 0. The van der Waals surface area contributed by atoms with E-state index in [1.165, 1.54) is 12.1 Å². The standard InChI is InChI=1S/C21H20F6N6OS/c1-3-8-34-19-12(20(22,23)24)5-7-15(33-19)31-14-9-10(2)30-18-11(14)4-6-13(32-18)16(28)17(35-29)21(25,26)27/h4-7,9H,3,8,28-29H2,1-2H3,(H,30,31,32,33)/b17-16-. The van der Waals surface area contributed by atoms with Gasteiger partial charge < -0.3 is 15.8 Å². The topological polar surface area (TPSA) is 112 Å². The SMILES string of the molecule is CCCOc1nc(Nc2cc(C)nc3nc(/C(N)=C(/SN)C(F)(F)F)ccc23)ccc1C(F)(F)F. The van der Waals surface area contributed by atoms with Gasteiger partial charge in [0.15, 0.2) is 5.65 Å². The number of nitrogens with zero attached hydrogens (tertiary/aromatic N) is 3. The lowest BCUT2D eigenvalue weighted by molar-refractivity contribution is -0.139. The number of pyridine rings is 3. The Balaban J connectivity index is 2.05. The smallest absolute Gasteiger partial charge is 0.425 e. The lowest BCUT2D eigenvalue weighted by Crippen LogP contribution is -2.17. The molecule has 3 heterocycles. The molecule has 3 aromatic heterocycles. The van der Waals surface area contributed by atoms with Gasteiger partial charge >= 0.3 is 12.4 Å². The molecule has 0 amide bonds. The maximum atomic E-state index is 13.3. The molecular formula is C21H20F6N6OS. The predicted molar refractivity (Wildman–Crippen MR) is 122 cm³/mol. The molecule has 188 valence electrons. The number of alkyl halides is 6. The Labute approximate surface area is 200 Å². The number of fused-ring (bicyclic) bond motifs is 1. The molecule has 7 nitrogen and oxygen atoms in total. The van der Waals surface area contributed by atoms with Gasteiger partial charge in [-0.3, -0.25) is 5.14 Å². The summed E-state index contributed by atoms with van der Waals surface area (Å²) >= 11 is -0.0404. The van der Waals surface area contributed by atoms with Crippen LogP contribution in [0.15, 0.2) is 35.2 Å². The van der Waals surface area contributed by atoms with Gasteiger partial charge in [0.25, 0.3) is 0 Å². The lowest BCUT2D eigenvalue weighted by atomic mass is 10.1. The van der Waals surface area contributed by atoms with Crippen LogP contribution in [-0.4, -0.2) is 27.7 Å². The molecule has 3 rings (SSSR count). The summed E-state index contributed by atoms with van der Waals surface area (Å²) < 4.78 is 84.6. The second-order valence-electron chi connectivity index (χ2n) is 7.26. The first-order valence-electron chi connectivity index (χ1n) is 10.1. The van der Waals surface area contributed by atoms with E-state index < -0.39 is 34.4 Å². The van der Waals surface area contributed by atoms with Crippen molar-refractivity contribution in [3.8, 4) is 5.88 Å². The number of hydrogen-bond acceptors (Lipinski definition) is 8. The van der Waals surface area contributed by atoms with Crippen molar-refractivity contribution in [2.45, 2.75) is 32.6 Å². The van der Waals surface area contributed by atoms with E-state index in [4.69, 9.17) is 15.6 Å². The van der Waals surface area contributed by atoms with E-state index in [1.54, 1.807) is 19.9 Å². The number of nitrogens with one attached hydrogen (secondary N) is 1. The van der Waals surface area contributed by atoms with Crippen LogP contribution in [-0.2, 0) is 6.18 Å². The third-order valence-electron chi connectivity index (χ3n) is 4.57. The number of ether oxygens (including phenoxy) is 1. The summed E-state index contributed by atoms with van der Waals surface area (Å²) in [5.74, 6) is -0.518. The fourth-order valence-electron chi connectivity index (χ4n) is 3.06. The second kappa shape index (κ2) is 10.2. The van der Waals surface area contributed by atoms with Crippen molar-refractivity contribution < 1.29 is 31.1 Å². The molecule has 0 fully saturated rings. The van der Waals surface area contributed by atoms with Crippen LogP contribution in [0.3, 0.4) is 0 Å². The van der Waals surface area contributed by atoms with E-state index in [1.807, 2.05) is 0 Å². The Hall–Kier alpha value is -3.26. The monoisotopic (exact) mass is 518 g/mol. The number of rotatable bonds is 7. The Morgan fingerprint density at radius 2 is 1.77 bits per heavy atom. The minimum atomic E-state index is -4.77. The van der Waals surface area contributed by atoms with Crippen molar-refractivity contribution >= 4 is 40.2 Å². The quantitative estimate of drug-likeness (QED) is 0.271. The van der Waals surface area contributed by atoms with Gasteiger partial charge in [-0.05, 0) is 55.6 Å². The molecule has 0 radical (unpaired) electrons. The highest BCUT2D eigenvalue weighted by Crippen LogP contribution is 2.38. The zero-order chi connectivity index (χ0) is 26.0. The molecule has 0 aliphatic rings. The summed E-state index contributed by atoms with van der Waals surface area (Å²) in [5, 5.41) is 8.42. The van der Waals surface area contributed by atoms with Gasteiger partial charge in [-0.15, -0.1) is 0 Å². The van der Waals surface area contributed by atoms with Gasteiger partial charge in [-0.1, -0.05) is 6.92 Å². The van der Waals surface area contributed by atoms with Crippen LogP contribution < -0.4 is 20.9 Å². The first-order valence-corrected chi connectivity index (χ1v) is 10.9. The Morgan fingerprint density at radius 3 is 2.37 bits per heavy atom. The Kier molecular flexibility index (Phi) is 7.65. The highest BCUT2D eigenvalue weighted by molar-refractivity contribution is 8.01. The van der Waals surface area contributed by atoms with Crippen molar-refractivity contribution in [1.29, 1.82) is 0 Å². The van der Waals surface area contributed by atoms with Crippen LogP contribution >= 0.6 is 11.9 Å². The fraction of sp³-hybridized carbons (Fsp3) is 0.286. The lowest BCUT2D eigenvalue weighted by Gasteiger charge is -2.16. The van der Waals surface area contributed by atoms with E-state index in [0.29, 0.717) is 23.2 Å². The number of halogens is 6. The minimum Gasteiger partial charge on any atom is -0.477 e. The molecule has 0 aliphatic heterocycles. The minimum absolute atomic E-state index is 0.0404. The number of hydrogen-bond donors (Lipinski definition) is 3. The van der Waals surface area contributed by atoms with Gasteiger partial charge in [-0.25, -0.2) is 9.97 Å². The molecule has 0 aliphatic carbocycles. The molecule has 0 aromatic carbocycles. The summed E-state index contributed by atoms with van der Waals surface area (Å²) in [4.78, 5) is 11.1. The second-order valence-corrected chi connectivity index (χ2v) is 7.90. The van der Waals surface area contributed by atoms with Gasteiger partial charge in [-0.2, -0.15) is 31.3 Å². The average Bonchev–Trinajstić information content (AvgIpc) is 2.75. The highest BCUT2D eigenvalue weighted by Gasteiger charge is 2.37. The summed E-state index contributed by atoms with van der Waals surface area (Å²) in [6.45, 7) is 3.40. The van der Waals surface area contributed by atoms with E-state index in [2.05, 4.69) is 20.3 Å². The number of anilines is 2. The van der Waals surface area contributed by atoms with Crippen LogP contribution in [0.25, 0.3) is 16.7 Å². The third-order valence-corrected chi connectivity index (χ3v) is 5.26. The van der Waals surface area contributed by atoms with Crippen LogP contribution in [0.1, 0.15) is 30.3 Å². The fourth-order valence-corrected chi connectivity index (χ4v) is 3.42. The molecule has 0 saturated heterocycles. The molecule has 0 spiro atoms. The average molecular weight is 518 g/mol. The molecule has 14 heteroatoms. The van der Waals surface area contributed by atoms with Crippen LogP contribution in [0.5, 0.6) is 5.88 Å². The molecule has 0 saturated carbocycles. The summed E-state index contributed by atoms with van der Waals surface area (Å²) in [6.07, 6.45) is -8.94. The van der Waals surface area contributed by atoms with Crippen molar-refractivity contribution in [3.05, 3.63) is 52.2 Å². The predicted octanol–water partition coefficient (Wildman–Crippen LogP) is 5.68. The molecule has 0 atom stereocenters. The van der Waals surface area contributed by atoms with Crippen LogP contribution in [0, 0.1) is 6.92 Å². The largest absolute Gasteiger partial charge is 0.477 e. The number of nitrogens with two attached hydrogens (primary N) is 2. The van der Waals surface area contributed by atoms with Gasteiger partial charge in [0.2, 0.25) is 5.88 Å². The highest BCUT2D eigenvalue weighted by atomic mass is 32.2. The molecule has 5 N–H and O–H groups in total. The van der Waals surface area contributed by atoms with E-state index in [-0.39, 0.29) is 35.7 Å². The zero-order valence-electron chi connectivity index (χ0n) is 18.4. The molecular weight excluding hydrogens is 498 g/mol. The maximum absolute atomic E-state index is 13.3. The van der Waals surface area contributed by atoms with E-state index in [0.717, 1.165) is 12.1 Å². The molecule has 3 aromatic rings. The summed E-state index contributed by atoms with van der Waals surface area (Å²) in [6, 6.07) is 6.28. The number of aromatic nitrogens is 3. The normalized spacial score (nSPS) is 13.1. The first kappa shape index (κ1) is 26.3. The van der Waals surface area contributed by atoms with Gasteiger partial charge in [0, 0.05) is 11.1 Å². The van der Waals surface area contributed by atoms with Crippen LogP contribution in [0.2, 0.25) is 0 Å². The van der Waals surface area contributed by atoms with Crippen molar-refractivity contribution in [2.75, 3.05) is 11.9 Å². The van der Waals surface area contributed by atoms with E-state index in [9.17, 15) is 26.3 Å². The van der Waals surface area contributed by atoms with Crippen molar-refractivity contribution in [2.24, 2.45) is 10.9 Å². The first-order chi connectivity index (χ1) is 16.3. The third kappa shape index (κ3) is 6.06. The Bertz CT molecular complexity index is 1260. The van der Waals surface area contributed by atoms with Gasteiger partial charge in [0.05, 0.1) is 23.7 Å². The van der Waals surface area contributed by atoms with Crippen LogP contribution in [0.4, 0.5) is 37.8 Å². The summed E-state index contributed by atoms with van der Waals surface area (Å²) in [5.41, 5.74) is 4.67. The zero-order valence-corrected chi connectivity index (χ0v) is 19.2.